The lowest BCUT2D eigenvalue weighted by molar-refractivity contribution is 0.370. The minimum Gasteiger partial charge on any atom is -0.358 e. The normalized spacial score (nSPS) is 18.1. The van der Waals surface area contributed by atoms with Crippen LogP contribution in [0.25, 0.3) is 60.9 Å². The number of rotatable bonds is 8. The standard InChI is InChI=1S/C60H45N9/c1-67-59(42-26-12-5-13-27-42)65-57(41-24-10-4-11-25-41)66-60(67)48-31-19-35-54(62-48)69-52-33-17-15-29-44(52)46-37-36-45-43-28-14-16-32-51(43)68(55(45)56(46)69)53-34-18-30-47(61-53)58-63-49(39-20-6-2-7-21-39)38-50(64-58)40-22-8-3-9-23-40/h2-38,48,58-59,62-63H,1H3. The molecule has 0 saturated heterocycles. The predicted molar refractivity (Wildman–Crippen MR) is 283 cm³/mol. The van der Waals surface area contributed by atoms with Crippen LogP contribution in [0.15, 0.2) is 239 Å². The van der Waals surface area contributed by atoms with Gasteiger partial charge in [-0.3, -0.25) is 14.1 Å². The Balaban J connectivity index is 0.966. The molecule has 7 aromatic carbocycles. The quantitative estimate of drug-likeness (QED) is 0.159. The number of nitrogens with zero attached hydrogens (tertiary/aromatic N) is 7. The Labute approximate surface area is 399 Å². The average Bonchev–Trinajstić information content (AvgIpc) is 3.95. The maximum atomic E-state index is 5.53. The van der Waals surface area contributed by atoms with E-state index in [2.05, 4.69) is 220 Å². The Bertz CT molecular complexity index is 3800. The topological polar surface area (TPSA) is 87.1 Å². The first-order chi connectivity index (χ1) is 34.1. The smallest absolute Gasteiger partial charge is 0.162 e. The highest BCUT2D eigenvalue weighted by molar-refractivity contribution is 6.24. The summed E-state index contributed by atoms with van der Waals surface area (Å²) >= 11 is 0. The maximum absolute atomic E-state index is 5.53. The lowest BCUT2D eigenvalue weighted by Gasteiger charge is -2.36. The average molecular weight is 892 g/mol. The summed E-state index contributed by atoms with van der Waals surface area (Å²) < 4.78 is 4.73. The van der Waals surface area contributed by atoms with Gasteiger partial charge >= 0.3 is 0 Å². The van der Waals surface area contributed by atoms with E-state index in [9.17, 15) is 0 Å². The van der Waals surface area contributed by atoms with Crippen LogP contribution < -0.4 is 10.6 Å². The highest BCUT2D eigenvalue weighted by Gasteiger charge is 2.32. The summed E-state index contributed by atoms with van der Waals surface area (Å²) in [6, 6.07) is 69.5. The van der Waals surface area contributed by atoms with Crippen molar-refractivity contribution in [2.75, 3.05) is 7.05 Å². The number of aliphatic imine (C=N–C) groups is 3. The van der Waals surface area contributed by atoms with Crippen molar-refractivity contribution in [3.8, 4) is 5.82 Å². The predicted octanol–water partition coefficient (Wildman–Crippen LogP) is 12.2. The van der Waals surface area contributed by atoms with E-state index in [0.29, 0.717) is 5.84 Å². The van der Waals surface area contributed by atoms with Gasteiger partial charge in [0.15, 0.2) is 12.0 Å². The molecular formula is C60H45N9. The zero-order valence-corrected chi connectivity index (χ0v) is 37.7. The number of nitrogens with one attached hydrogen (secondary N) is 2. The largest absolute Gasteiger partial charge is 0.358 e. The third-order valence-corrected chi connectivity index (χ3v) is 13.4. The van der Waals surface area contributed by atoms with Crippen LogP contribution in [0.1, 0.15) is 40.3 Å². The number of pyridine rings is 1. The molecule has 3 atom stereocenters. The van der Waals surface area contributed by atoms with Gasteiger partial charge in [0.2, 0.25) is 0 Å². The van der Waals surface area contributed by atoms with Gasteiger partial charge in [0.05, 0.1) is 33.5 Å². The van der Waals surface area contributed by atoms with Crippen molar-refractivity contribution in [2.24, 2.45) is 15.0 Å². The van der Waals surface area contributed by atoms with Gasteiger partial charge in [-0.1, -0.05) is 188 Å². The molecule has 13 rings (SSSR count). The van der Waals surface area contributed by atoms with E-state index in [1.54, 1.807) is 0 Å². The fourth-order valence-corrected chi connectivity index (χ4v) is 10.2. The van der Waals surface area contributed by atoms with E-state index in [-0.39, 0.29) is 12.2 Å². The Hall–Kier alpha value is -9.08. The molecule has 6 heterocycles. The van der Waals surface area contributed by atoms with Crippen molar-refractivity contribution in [2.45, 2.75) is 18.4 Å². The number of benzene rings is 7. The van der Waals surface area contributed by atoms with Gasteiger partial charge < -0.3 is 15.5 Å². The number of amidine groups is 2. The van der Waals surface area contributed by atoms with Gasteiger partial charge in [-0.2, -0.15) is 0 Å². The Morgan fingerprint density at radius 1 is 0.507 bits per heavy atom. The van der Waals surface area contributed by atoms with Crippen LogP contribution >= 0.6 is 0 Å². The lowest BCUT2D eigenvalue weighted by atomic mass is 10.0. The number of fused-ring (bicyclic) bond motifs is 7. The van der Waals surface area contributed by atoms with Crippen molar-refractivity contribution in [3.05, 3.63) is 252 Å². The second kappa shape index (κ2) is 16.7. The molecule has 330 valence electrons. The minimum atomic E-state index is -0.435. The van der Waals surface area contributed by atoms with E-state index in [1.807, 2.05) is 36.4 Å². The van der Waals surface area contributed by atoms with Crippen LogP contribution in [0, 0.1) is 0 Å². The van der Waals surface area contributed by atoms with E-state index < -0.39 is 6.17 Å². The van der Waals surface area contributed by atoms with Gasteiger partial charge in [0.25, 0.3) is 0 Å². The van der Waals surface area contributed by atoms with Crippen LogP contribution in [0.4, 0.5) is 0 Å². The van der Waals surface area contributed by atoms with Crippen LogP contribution in [0.3, 0.4) is 0 Å². The summed E-state index contributed by atoms with van der Waals surface area (Å²) in [5.74, 6) is 3.32. The zero-order valence-electron chi connectivity index (χ0n) is 37.7. The zero-order chi connectivity index (χ0) is 45.8. The minimum absolute atomic E-state index is 0.259. The molecule has 69 heavy (non-hydrogen) atoms. The van der Waals surface area contributed by atoms with Gasteiger partial charge in [0.1, 0.15) is 29.7 Å². The number of dihydropyridines is 1. The summed E-state index contributed by atoms with van der Waals surface area (Å²) in [7, 11) is 2.09. The fourth-order valence-electron chi connectivity index (χ4n) is 10.2. The van der Waals surface area contributed by atoms with Gasteiger partial charge in [-0.05, 0) is 53.1 Å². The summed E-state index contributed by atoms with van der Waals surface area (Å²) in [6.45, 7) is 0. The van der Waals surface area contributed by atoms with E-state index >= 15 is 0 Å². The SMILES string of the molecule is CN1C(C2C=CC=C(n3c4ccccc4c4ccc5c6ccccc6n(-c6cccc(C7N=C(c8ccccc8)C=C(c8ccccc8)N7)n6)c5c43)N2)=NC(c2ccccc2)=NC1c1ccccc1. The highest BCUT2D eigenvalue weighted by Crippen LogP contribution is 2.42. The molecule has 0 bridgehead atoms. The summed E-state index contributed by atoms with van der Waals surface area (Å²) in [5, 5.41) is 12.3. The first-order valence-corrected chi connectivity index (χ1v) is 23.4. The Kier molecular flexibility index (Phi) is 9.71. The maximum Gasteiger partial charge on any atom is 0.162 e. The number of likely N-dealkylation sites (N-methyl/N-ethyl adjacent to an activating group) is 1. The molecule has 10 aromatic rings. The number of aromatic nitrogens is 3. The van der Waals surface area contributed by atoms with Gasteiger partial charge in [-0.15, -0.1) is 0 Å². The van der Waals surface area contributed by atoms with Crippen molar-refractivity contribution in [3.63, 3.8) is 0 Å². The number of allylic oxidation sites excluding steroid dienone is 3. The molecule has 3 aliphatic rings. The molecule has 3 aromatic heterocycles. The number of para-hydroxylation sites is 2. The molecule has 0 aliphatic carbocycles. The molecule has 9 heteroatoms. The molecule has 0 saturated carbocycles. The number of hydrogen-bond donors (Lipinski definition) is 2. The van der Waals surface area contributed by atoms with Crippen LogP contribution in [-0.4, -0.2) is 49.5 Å². The van der Waals surface area contributed by atoms with Crippen LogP contribution in [0.5, 0.6) is 0 Å². The summed E-state index contributed by atoms with van der Waals surface area (Å²) in [5.41, 5.74) is 11.2. The molecule has 0 fully saturated rings. The first kappa shape index (κ1) is 40.2. The molecule has 3 unspecified atom stereocenters. The van der Waals surface area contributed by atoms with Crippen molar-refractivity contribution in [1.82, 2.24) is 29.7 Å². The summed E-state index contributed by atoms with van der Waals surface area (Å²) in [6.07, 6.45) is 7.96. The monoisotopic (exact) mass is 891 g/mol. The molecular weight excluding hydrogens is 847 g/mol. The van der Waals surface area contributed by atoms with Crippen LogP contribution in [-0.2, 0) is 0 Å². The fraction of sp³-hybridized carbons (Fsp3) is 0.0667. The molecule has 2 N–H and O–H groups in total. The Morgan fingerprint density at radius 3 is 1.80 bits per heavy atom. The molecule has 0 spiro atoms. The van der Waals surface area contributed by atoms with Crippen molar-refractivity contribution < 1.29 is 0 Å². The first-order valence-electron chi connectivity index (χ1n) is 23.4. The molecule has 3 aliphatic heterocycles. The van der Waals surface area contributed by atoms with Gasteiger partial charge in [0, 0.05) is 39.9 Å². The highest BCUT2D eigenvalue weighted by atomic mass is 15.3. The van der Waals surface area contributed by atoms with Gasteiger partial charge in [-0.25, -0.2) is 15.0 Å². The van der Waals surface area contributed by atoms with Crippen molar-refractivity contribution >= 4 is 72.5 Å². The number of hydrogen-bond acceptors (Lipinski definition) is 7. The molecule has 0 radical (unpaired) electrons. The van der Waals surface area contributed by atoms with Crippen LogP contribution in [0.2, 0.25) is 0 Å². The second-order valence-electron chi connectivity index (χ2n) is 17.6. The third kappa shape index (κ3) is 6.93. The third-order valence-electron chi connectivity index (χ3n) is 13.4. The summed E-state index contributed by atoms with van der Waals surface area (Å²) in [4.78, 5) is 23.6. The van der Waals surface area contributed by atoms with E-state index in [1.165, 1.54) is 0 Å². The van der Waals surface area contributed by atoms with E-state index in [0.717, 1.165) is 100 Å². The Morgan fingerprint density at radius 2 is 1.10 bits per heavy atom. The van der Waals surface area contributed by atoms with Crippen molar-refractivity contribution in [1.29, 1.82) is 0 Å². The second-order valence-corrected chi connectivity index (χ2v) is 17.6. The van der Waals surface area contributed by atoms with E-state index in [4.69, 9.17) is 20.0 Å². The molecule has 0 amide bonds. The lowest BCUT2D eigenvalue weighted by Crippen LogP contribution is -2.48. The molecule has 9 nitrogen and oxygen atoms in total.